The maximum atomic E-state index is 11.9. The van der Waals surface area contributed by atoms with Crippen LogP contribution >= 0.6 is 0 Å². The Hall–Kier alpha value is -1.85. The number of amides is 1. The molecule has 100 valence electrons. The van der Waals surface area contributed by atoms with Gasteiger partial charge in [-0.2, -0.15) is 5.10 Å². The largest absolute Gasteiger partial charge is 0.481 e. The molecule has 1 heterocycles. The van der Waals surface area contributed by atoms with E-state index < -0.39 is 5.97 Å². The summed E-state index contributed by atoms with van der Waals surface area (Å²) >= 11 is 0. The molecule has 0 aromatic carbocycles. The second kappa shape index (κ2) is 6.18. The van der Waals surface area contributed by atoms with Crippen LogP contribution < -0.4 is 5.32 Å². The highest BCUT2D eigenvalue weighted by atomic mass is 16.4. The molecule has 0 saturated carbocycles. The lowest BCUT2D eigenvalue weighted by Crippen LogP contribution is -2.32. The molecule has 6 heteroatoms. The summed E-state index contributed by atoms with van der Waals surface area (Å²) in [6.07, 6.45) is 2.88. The van der Waals surface area contributed by atoms with Gasteiger partial charge in [-0.3, -0.25) is 14.3 Å². The highest BCUT2D eigenvalue weighted by Crippen LogP contribution is 2.07. The van der Waals surface area contributed by atoms with Crippen LogP contribution in [0.1, 0.15) is 42.2 Å². The number of aromatic nitrogens is 2. The lowest BCUT2D eigenvalue weighted by Gasteiger charge is -2.12. The Kier molecular flexibility index (Phi) is 4.88. The minimum absolute atomic E-state index is 0.0449. The Morgan fingerprint density at radius 3 is 2.72 bits per heavy atom. The molecule has 0 fully saturated rings. The molecule has 0 radical (unpaired) electrons. The van der Waals surface area contributed by atoms with Crippen LogP contribution in [0.2, 0.25) is 0 Å². The molecule has 0 saturated heterocycles. The van der Waals surface area contributed by atoms with Gasteiger partial charge in [-0.15, -0.1) is 0 Å². The zero-order valence-electron chi connectivity index (χ0n) is 10.9. The molecule has 18 heavy (non-hydrogen) atoms. The van der Waals surface area contributed by atoms with Crippen LogP contribution in [0.4, 0.5) is 0 Å². The number of nitrogens with zero attached hydrogens (tertiary/aromatic N) is 2. The van der Waals surface area contributed by atoms with Gasteiger partial charge in [-0.25, -0.2) is 0 Å². The second-order valence-electron chi connectivity index (χ2n) is 4.43. The van der Waals surface area contributed by atoms with E-state index in [1.165, 1.54) is 6.20 Å². The molecule has 6 nitrogen and oxygen atoms in total. The van der Waals surface area contributed by atoms with E-state index >= 15 is 0 Å². The van der Waals surface area contributed by atoms with E-state index in [4.69, 9.17) is 5.11 Å². The van der Waals surface area contributed by atoms with Gasteiger partial charge in [0.2, 0.25) is 0 Å². The number of hydrogen-bond donors (Lipinski definition) is 2. The van der Waals surface area contributed by atoms with Crippen LogP contribution in [-0.2, 0) is 11.8 Å². The summed E-state index contributed by atoms with van der Waals surface area (Å²) in [6, 6.07) is -0.0449. The molecule has 2 N–H and O–H groups in total. The van der Waals surface area contributed by atoms with Crippen molar-refractivity contribution in [3.63, 3.8) is 0 Å². The first-order valence-corrected chi connectivity index (χ1v) is 5.93. The van der Waals surface area contributed by atoms with Crippen molar-refractivity contribution < 1.29 is 14.7 Å². The van der Waals surface area contributed by atoms with Crippen LogP contribution in [0.5, 0.6) is 0 Å². The number of carboxylic acid groups (broad SMARTS) is 1. The van der Waals surface area contributed by atoms with E-state index in [1.807, 2.05) is 13.8 Å². The number of aliphatic carboxylic acids is 1. The predicted molar refractivity (Wildman–Crippen MR) is 66.4 cm³/mol. The van der Waals surface area contributed by atoms with Crippen LogP contribution in [0, 0.1) is 6.92 Å². The van der Waals surface area contributed by atoms with Crippen molar-refractivity contribution in [1.29, 1.82) is 0 Å². The molecule has 1 atom stereocenters. The van der Waals surface area contributed by atoms with Crippen LogP contribution in [0.3, 0.4) is 0 Å². The summed E-state index contributed by atoms with van der Waals surface area (Å²) in [5, 5.41) is 15.4. The van der Waals surface area contributed by atoms with Crippen molar-refractivity contribution >= 4 is 11.9 Å². The molecule has 1 unspecified atom stereocenters. The van der Waals surface area contributed by atoms with E-state index in [-0.39, 0.29) is 18.4 Å². The molecular weight excluding hydrogens is 234 g/mol. The number of carbonyl (C=O) groups is 2. The molecule has 0 aliphatic heterocycles. The van der Waals surface area contributed by atoms with Gasteiger partial charge in [0, 0.05) is 25.2 Å². The molecule has 1 aromatic rings. The van der Waals surface area contributed by atoms with E-state index in [0.717, 1.165) is 5.69 Å². The quantitative estimate of drug-likeness (QED) is 0.795. The first kappa shape index (κ1) is 14.2. The second-order valence-corrected chi connectivity index (χ2v) is 4.43. The maximum Gasteiger partial charge on any atom is 0.303 e. The smallest absolute Gasteiger partial charge is 0.303 e. The molecule has 0 bridgehead atoms. The lowest BCUT2D eigenvalue weighted by molar-refractivity contribution is -0.137. The lowest BCUT2D eigenvalue weighted by atomic mass is 10.1. The van der Waals surface area contributed by atoms with Crippen molar-refractivity contribution in [2.24, 2.45) is 7.05 Å². The van der Waals surface area contributed by atoms with Gasteiger partial charge >= 0.3 is 5.97 Å². The zero-order valence-corrected chi connectivity index (χ0v) is 10.9. The zero-order chi connectivity index (χ0) is 13.7. The Labute approximate surface area is 106 Å². The number of nitrogens with one attached hydrogen (secondary N) is 1. The third-order valence-corrected chi connectivity index (χ3v) is 2.89. The minimum Gasteiger partial charge on any atom is -0.481 e. The summed E-state index contributed by atoms with van der Waals surface area (Å²) in [7, 11) is 1.78. The fourth-order valence-corrected chi connectivity index (χ4v) is 1.65. The van der Waals surface area contributed by atoms with Crippen molar-refractivity contribution in [2.75, 3.05) is 0 Å². The van der Waals surface area contributed by atoms with Crippen molar-refractivity contribution in [3.8, 4) is 0 Å². The topological polar surface area (TPSA) is 84.2 Å². The van der Waals surface area contributed by atoms with Gasteiger partial charge in [0.05, 0.1) is 11.8 Å². The normalized spacial score (nSPS) is 12.2. The van der Waals surface area contributed by atoms with Gasteiger partial charge < -0.3 is 10.4 Å². The van der Waals surface area contributed by atoms with Gasteiger partial charge in [0.15, 0.2) is 0 Å². The van der Waals surface area contributed by atoms with Gasteiger partial charge in [-0.1, -0.05) is 0 Å². The monoisotopic (exact) mass is 253 g/mol. The molecular formula is C12H19N3O3. The molecule has 1 amide bonds. The fourth-order valence-electron chi connectivity index (χ4n) is 1.65. The van der Waals surface area contributed by atoms with Gasteiger partial charge in [0.25, 0.3) is 5.91 Å². The molecule has 0 aliphatic rings. The van der Waals surface area contributed by atoms with E-state index in [1.54, 1.807) is 11.7 Å². The summed E-state index contributed by atoms with van der Waals surface area (Å²) < 4.78 is 1.64. The third-order valence-electron chi connectivity index (χ3n) is 2.89. The molecule has 0 aliphatic carbocycles. The summed E-state index contributed by atoms with van der Waals surface area (Å²) in [5.41, 5.74) is 1.37. The number of aryl methyl sites for hydroxylation is 1. The standard InChI is InChI=1S/C12H19N3O3/c1-8(5-4-6-11(16)17)14-12(18)10-7-13-15(3)9(10)2/h7-8H,4-6H2,1-3H3,(H,14,18)(H,16,17). The van der Waals surface area contributed by atoms with E-state index in [0.29, 0.717) is 18.4 Å². The first-order valence-electron chi connectivity index (χ1n) is 5.93. The van der Waals surface area contributed by atoms with Crippen molar-refractivity contribution in [3.05, 3.63) is 17.5 Å². The summed E-state index contributed by atoms with van der Waals surface area (Å²) in [6.45, 7) is 3.70. The van der Waals surface area contributed by atoms with Crippen molar-refractivity contribution in [1.82, 2.24) is 15.1 Å². The van der Waals surface area contributed by atoms with Crippen molar-refractivity contribution in [2.45, 2.75) is 39.2 Å². The summed E-state index contributed by atoms with van der Waals surface area (Å²) in [4.78, 5) is 22.3. The average molecular weight is 253 g/mol. The Bertz CT molecular complexity index is 440. The number of hydrogen-bond acceptors (Lipinski definition) is 3. The minimum atomic E-state index is -0.809. The fraction of sp³-hybridized carbons (Fsp3) is 0.583. The average Bonchev–Trinajstić information content (AvgIpc) is 2.59. The van der Waals surface area contributed by atoms with Gasteiger partial charge in [-0.05, 0) is 26.7 Å². The highest BCUT2D eigenvalue weighted by Gasteiger charge is 2.14. The van der Waals surface area contributed by atoms with E-state index in [2.05, 4.69) is 10.4 Å². The van der Waals surface area contributed by atoms with Crippen LogP contribution in [0.25, 0.3) is 0 Å². The Balaban J connectivity index is 2.45. The van der Waals surface area contributed by atoms with Gasteiger partial charge in [0.1, 0.15) is 0 Å². The number of carboxylic acids is 1. The Morgan fingerprint density at radius 2 is 2.22 bits per heavy atom. The maximum absolute atomic E-state index is 11.9. The van der Waals surface area contributed by atoms with Crippen LogP contribution in [-0.4, -0.2) is 32.8 Å². The molecule has 1 aromatic heterocycles. The predicted octanol–water partition coefficient (Wildman–Crippen LogP) is 1.10. The first-order chi connectivity index (χ1) is 8.41. The number of carbonyl (C=O) groups excluding carboxylic acids is 1. The third kappa shape index (κ3) is 3.87. The summed E-state index contributed by atoms with van der Waals surface area (Å²) in [5.74, 6) is -0.972. The molecule has 0 spiro atoms. The van der Waals surface area contributed by atoms with Crippen LogP contribution in [0.15, 0.2) is 6.20 Å². The Morgan fingerprint density at radius 1 is 1.56 bits per heavy atom. The highest BCUT2D eigenvalue weighted by molar-refractivity contribution is 5.95. The SMILES string of the molecule is Cc1c(C(=O)NC(C)CCCC(=O)O)cnn1C. The van der Waals surface area contributed by atoms with E-state index in [9.17, 15) is 9.59 Å². The number of rotatable bonds is 6. The molecule has 1 rings (SSSR count).